The van der Waals surface area contributed by atoms with Gasteiger partial charge >= 0.3 is 0 Å². The summed E-state index contributed by atoms with van der Waals surface area (Å²) >= 11 is 0. The van der Waals surface area contributed by atoms with Crippen molar-refractivity contribution in [2.45, 2.75) is 12.5 Å². The maximum Gasteiger partial charge on any atom is 0.0646 e. The third-order valence-corrected chi connectivity index (χ3v) is 1.72. The SMILES string of the molecule is C=CC(CC#N)Nc1ccccc1. The Hall–Kier alpha value is -1.75. The molecule has 0 saturated carbocycles. The average Bonchev–Trinajstić information content (AvgIpc) is 2.19. The number of hydrogen-bond acceptors (Lipinski definition) is 2. The van der Waals surface area contributed by atoms with Gasteiger partial charge in [0.1, 0.15) is 0 Å². The van der Waals surface area contributed by atoms with E-state index in [1.54, 1.807) is 6.08 Å². The van der Waals surface area contributed by atoms with Gasteiger partial charge in [0.25, 0.3) is 0 Å². The Labute approximate surface area is 78.5 Å². The van der Waals surface area contributed by atoms with Gasteiger partial charge in [0.15, 0.2) is 0 Å². The largest absolute Gasteiger partial charge is 0.378 e. The van der Waals surface area contributed by atoms with Crippen molar-refractivity contribution in [1.82, 2.24) is 0 Å². The van der Waals surface area contributed by atoms with E-state index in [1.807, 2.05) is 30.3 Å². The molecule has 0 bridgehead atoms. The van der Waals surface area contributed by atoms with E-state index in [-0.39, 0.29) is 6.04 Å². The summed E-state index contributed by atoms with van der Waals surface area (Å²) in [5.41, 5.74) is 1.02. The molecule has 0 spiro atoms. The molecule has 1 rings (SSSR count). The summed E-state index contributed by atoms with van der Waals surface area (Å²) in [5, 5.41) is 11.7. The third kappa shape index (κ3) is 3.00. The molecule has 0 saturated heterocycles. The van der Waals surface area contributed by atoms with Crippen LogP contribution in [0.25, 0.3) is 0 Å². The number of rotatable bonds is 4. The second-order valence-corrected chi connectivity index (χ2v) is 2.71. The lowest BCUT2D eigenvalue weighted by Crippen LogP contribution is -2.15. The molecule has 0 heterocycles. The van der Waals surface area contributed by atoms with Gasteiger partial charge in [-0.15, -0.1) is 6.58 Å². The van der Waals surface area contributed by atoms with Crippen molar-refractivity contribution in [3.8, 4) is 6.07 Å². The predicted molar refractivity (Wildman–Crippen MR) is 54.3 cm³/mol. The van der Waals surface area contributed by atoms with Crippen molar-refractivity contribution >= 4 is 5.69 Å². The maximum absolute atomic E-state index is 8.51. The molecule has 0 amide bonds. The molecule has 0 aliphatic carbocycles. The zero-order chi connectivity index (χ0) is 9.52. The second kappa shape index (κ2) is 5.00. The van der Waals surface area contributed by atoms with E-state index in [9.17, 15) is 0 Å². The number of nitriles is 1. The maximum atomic E-state index is 8.51. The Morgan fingerprint density at radius 3 is 2.69 bits per heavy atom. The van der Waals surface area contributed by atoms with Gasteiger partial charge < -0.3 is 5.32 Å². The number of nitrogens with one attached hydrogen (secondary N) is 1. The molecule has 1 unspecified atom stereocenters. The Balaban J connectivity index is 2.57. The minimum absolute atomic E-state index is 0.0346. The first-order chi connectivity index (χ1) is 6.36. The molecule has 13 heavy (non-hydrogen) atoms. The molecule has 0 aliphatic rings. The van der Waals surface area contributed by atoms with Crippen LogP contribution < -0.4 is 5.32 Å². The first-order valence-corrected chi connectivity index (χ1v) is 4.18. The predicted octanol–water partition coefficient (Wildman–Crippen LogP) is 2.57. The van der Waals surface area contributed by atoms with E-state index < -0.39 is 0 Å². The lowest BCUT2D eigenvalue weighted by atomic mass is 10.2. The molecular weight excluding hydrogens is 160 g/mol. The Morgan fingerprint density at radius 2 is 2.15 bits per heavy atom. The highest BCUT2D eigenvalue weighted by Crippen LogP contribution is 2.08. The lowest BCUT2D eigenvalue weighted by Gasteiger charge is -2.11. The van der Waals surface area contributed by atoms with Crippen molar-refractivity contribution in [1.29, 1.82) is 5.26 Å². The molecular formula is C11H12N2. The van der Waals surface area contributed by atoms with Crippen LogP contribution in [-0.2, 0) is 0 Å². The number of para-hydroxylation sites is 1. The van der Waals surface area contributed by atoms with Crippen LogP contribution in [0.3, 0.4) is 0 Å². The van der Waals surface area contributed by atoms with Crippen LogP contribution in [-0.4, -0.2) is 6.04 Å². The summed E-state index contributed by atoms with van der Waals surface area (Å²) in [7, 11) is 0. The first-order valence-electron chi connectivity index (χ1n) is 4.18. The fourth-order valence-electron chi connectivity index (χ4n) is 1.04. The topological polar surface area (TPSA) is 35.8 Å². The van der Waals surface area contributed by atoms with Gasteiger partial charge in [0, 0.05) is 5.69 Å². The van der Waals surface area contributed by atoms with Crippen LogP contribution in [0.1, 0.15) is 6.42 Å². The van der Waals surface area contributed by atoms with Gasteiger partial charge in [-0.2, -0.15) is 5.26 Å². The zero-order valence-electron chi connectivity index (χ0n) is 7.40. The van der Waals surface area contributed by atoms with Crippen LogP contribution in [0.4, 0.5) is 5.69 Å². The van der Waals surface area contributed by atoms with Gasteiger partial charge in [-0.3, -0.25) is 0 Å². The van der Waals surface area contributed by atoms with Crippen molar-refractivity contribution in [2.24, 2.45) is 0 Å². The summed E-state index contributed by atoms with van der Waals surface area (Å²) in [4.78, 5) is 0. The molecule has 0 aliphatic heterocycles. The van der Waals surface area contributed by atoms with Gasteiger partial charge in [-0.25, -0.2) is 0 Å². The standard InChI is InChI=1S/C11H12N2/c1-2-10(8-9-12)13-11-6-4-3-5-7-11/h2-7,10,13H,1,8H2. The molecule has 0 radical (unpaired) electrons. The molecule has 0 fully saturated rings. The third-order valence-electron chi connectivity index (χ3n) is 1.72. The van der Waals surface area contributed by atoms with Gasteiger partial charge in [0.2, 0.25) is 0 Å². The van der Waals surface area contributed by atoms with Crippen molar-refractivity contribution in [2.75, 3.05) is 5.32 Å². The highest BCUT2D eigenvalue weighted by molar-refractivity contribution is 5.44. The van der Waals surface area contributed by atoms with Gasteiger partial charge in [-0.1, -0.05) is 24.3 Å². The minimum Gasteiger partial charge on any atom is -0.378 e. The van der Waals surface area contributed by atoms with Gasteiger partial charge in [-0.05, 0) is 12.1 Å². The number of benzene rings is 1. The first kappa shape index (κ1) is 9.34. The van der Waals surface area contributed by atoms with E-state index >= 15 is 0 Å². The molecule has 2 heteroatoms. The van der Waals surface area contributed by atoms with E-state index in [4.69, 9.17) is 5.26 Å². The number of anilines is 1. The van der Waals surface area contributed by atoms with Gasteiger partial charge in [0.05, 0.1) is 18.5 Å². The van der Waals surface area contributed by atoms with Crippen molar-refractivity contribution < 1.29 is 0 Å². The summed E-state index contributed by atoms with van der Waals surface area (Å²) in [6.07, 6.45) is 2.19. The number of nitrogens with zero attached hydrogens (tertiary/aromatic N) is 1. The zero-order valence-corrected chi connectivity index (χ0v) is 7.40. The van der Waals surface area contributed by atoms with E-state index in [0.29, 0.717) is 6.42 Å². The second-order valence-electron chi connectivity index (χ2n) is 2.71. The van der Waals surface area contributed by atoms with Crippen LogP contribution in [0.15, 0.2) is 43.0 Å². The smallest absolute Gasteiger partial charge is 0.0646 e. The molecule has 1 aromatic carbocycles. The molecule has 2 nitrogen and oxygen atoms in total. The molecule has 66 valence electrons. The highest BCUT2D eigenvalue weighted by Gasteiger charge is 2.01. The summed E-state index contributed by atoms with van der Waals surface area (Å²) in [6, 6.07) is 11.9. The normalized spacial score (nSPS) is 11.3. The van der Waals surface area contributed by atoms with Crippen molar-refractivity contribution in [3.63, 3.8) is 0 Å². The fourth-order valence-corrected chi connectivity index (χ4v) is 1.04. The summed E-state index contributed by atoms with van der Waals surface area (Å²) < 4.78 is 0. The van der Waals surface area contributed by atoms with Crippen LogP contribution in [0.5, 0.6) is 0 Å². The lowest BCUT2D eigenvalue weighted by molar-refractivity contribution is 0.905. The summed E-state index contributed by atoms with van der Waals surface area (Å²) in [6.45, 7) is 3.66. The monoisotopic (exact) mass is 172 g/mol. The fraction of sp³-hybridized carbons (Fsp3) is 0.182. The van der Waals surface area contributed by atoms with E-state index in [1.165, 1.54) is 0 Å². The molecule has 1 atom stereocenters. The van der Waals surface area contributed by atoms with Crippen molar-refractivity contribution in [3.05, 3.63) is 43.0 Å². The Bertz CT molecular complexity index is 298. The van der Waals surface area contributed by atoms with Crippen LogP contribution >= 0.6 is 0 Å². The molecule has 1 aromatic rings. The Kier molecular flexibility index (Phi) is 3.59. The quantitative estimate of drug-likeness (QED) is 0.708. The van der Waals surface area contributed by atoms with E-state index in [2.05, 4.69) is 18.0 Å². The van der Waals surface area contributed by atoms with E-state index in [0.717, 1.165) is 5.69 Å². The average molecular weight is 172 g/mol. The molecule has 0 aromatic heterocycles. The number of hydrogen-bond donors (Lipinski definition) is 1. The van der Waals surface area contributed by atoms with Crippen LogP contribution in [0, 0.1) is 11.3 Å². The Morgan fingerprint density at radius 1 is 1.46 bits per heavy atom. The minimum atomic E-state index is 0.0346. The summed E-state index contributed by atoms with van der Waals surface area (Å²) in [5.74, 6) is 0. The molecule has 1 N–H and O–H groups in total. The van der Waals surface area contributed by atoms with Crippen LogP contribution in [0.2, 0.25) is 0 Å². The highest BCUT2D eigenvalue weighted by atomic mass is 14.9.